The van der Waals surface area contributed by atoms with Gasteiger partial charge in [0, 0.05) is 6.20 Å². The molecule has 0 aromatic carbocycles. The van der Waals surface area contributed by atoms with Gasteiger partial charge in [-0.3, -0.25) is 9.69 Å². The van der Waals surface area contributed by atoms with Crippen molar-refractivity contribution in [1.82, 2.24) is 4.98 Å². The third-order valence-electron chi connectivity index (χ3n) is 6.95. The highest BCUT2D eigenvalue weighted by atomic mass is 16.3. The van der Waals surface area contributed by atoms with Gasteiger partial charge in [0.05, 0.1) is 17.7 Å². The van der Waals surface area contributed by atoms with Gasteiger partial charge in [0.2, 0.25) is 5.91 Å². The number of carbonyl (C=O) groups excluding carboxylic acids is 1. The summed E-state index contributed by atoms with van der Waals surface area (Å²) in [6, 6.07) is 9.48. The van der Waals surface area contributed by atoms with Crippen LogP contribution in [0.5, 0.6) is 0 Å². The molecule has 0 unspecified atom stereocenters. The summed E-state index contributed by atoms with van der Waals surface area (Å²) in [5, 5.41) is 0. The molecule has 2 aromatic heterocycles. The third kappa shape index (κ3) is 2.50. The van der Waals surface area contributed by atoms with Crippen molar-refractivity contribution in [3.05, 3.63) is 48.6 Å². The van der Waals surface area contributed by atoms with E-state index in [4.69, 9.17) is 4.42 Å². The molecule has 0 aliphatic heterocycles. The zero-order valence-electron chi connectivity index (χ0n) is 15.3. The molecule has 26 heavy (non-hydrogen) atoms. The van der Waals surface area contributed by atoms with E-state index >= 15 is 0 Å². The zero-order valence-corrected chi connectivity index (χ0v) is 15.3. The topological polar surface area (TPSA) is 46.3 Å². The lowest BCUT2D eigenvalue weighted by molar-refractivity contribution is -0.144. The molecule has 4 aliphatic rings. The van der Waals surface area contributed by atoms with Crippen molar-refractivity contribution >= 4 is 11.7 Å². The molecule has 4 aliphatic carbocycles. The minimum atomic E-state index is -0.187. The summed E-state index contributed by atoms with van der Waals surface area (Å²) >= 11 is 0. The van der Waals surface area contributed by atoms with E-state index in [1.54, 1.807) is 12.5 Å². The number of furan rings is 1. The smallest absolute Gasteiger partial charge is 0.235 e. The molecule has 2 heterocycles. The molecule has 4 saturated carbocycles. The lowest BCUT2D eigenvalue weighted by Crippen LogP contribution is -2.55. The van der Waals surface area contributed by atoms with Gasteiger partial charge in [-0.15, -0.1) is 0 Å². The molecule has 136 valence electrons. The number of carbonyl (C=O) groups is 1. The van der Waals surface area contributed by atoms with Crippen molar-refractivity contribution in [1.29, 1.82) is 0 Å². The molecular formula is C22H26N2O2. The van der Waals surface area contributed by atoms with Gasteiger partial charge >= 0.3 is 0 Å². The van der Waals surface area contributed by atoms with Crippen LogP contribution in [0, 0.1) is 23.2 Å². The van der Waals surface area contributed by atoms with E-state index in [-0.39, 0.29) is 17.4 Å². The maximum absolute atomic E-state index is 14.0. The molecular weight excluding hydrogens is 324 g/mol. The van der Waals surface area contributed by atoms with Crippen molar-refractivity contribution in [3.63, 3.8) is 0 Å². The molecule has 0 N–H and O–H groups in total. The lowest BCUT2D eigenvalue weighted by atomic mass is 9.49. The number of pyridine rings is 1. The van der Waals surface area contributed by atoms with Crippen LogP contribution in [0.15, 0.2) is 47.2 Å². The number of rotatable bonds is 4. The van der Waals surface area contributed by atoms with E-state index in [2.05, 4.69) is 4.98 Å². The van der Waals surface area contributed by atoms with E-state index in [0.717, 1.165) is 48.6 Å². The fourth-order valence-electron chi connectivity index (χ4n) is 6.26. The summed E-state index contributed by atoms with van der Waals surface area (Å²) in [5.74, 6) is 4.05. The molecule has 0 saturated heterocycles. The first-order valence-electron chi connectivity index (χ1n) is 9.93. The number of aromatic nitrogens is 1. The van der Waals surface area contributed by atoms with Crippen LogP contribution in [-0.4, -0.2) is 10.9 Å². The maximum Gasteiger partial charge on any atom is 0.235 e. The molecule has 4 heteroatoms. The van der Waals surface area contributed by atoms with Crippen LogP contribution in [0.2, 0.25) is 0 Å². The Hall–Kier alpha value is -2.10. The normalized spacial score (nSPS) is 33.2. The fraction of sp³-hybridized carbons (Fsp3) is 0.545. The predicted molar refractivity (Wildman–Crippen MR) is 99.5 cm³/mol. The van der Waals surface area contributed by atoms with Gasteiger partial charge in [0.15, 0.2) is 0 Å². The van der Waals surface area contributed by atoms with Crippen LogP contribution in [0.3, 0.4) is 0 Å². The first kappa shape index (κ1) is 16.1. The molecule has 4 bridgehead atoms. The second-order valence-electron chi connectivity index (χ2n) is 8.75. The molecule has 1 atom stereocenters. The number of amides is 1. The van der Waals surface area contributed by atoms with Crippen LogP contribution in [0.1, 0.15) is 57.3 Å². The van der Waals surface area contributed by atoms with Gasteiger partial charge in [-0.2, -0.15) is 0 Å². The molecule has 1 amide bonds. The van der Waals surface area contributed by atoms with Crippen molar-refractivity contribution in [2.75, 3.05) is 4.90 Å². The zero-order chi connectivity index (χ0) is 17.7. The summed E-state index contributed by atoms with van der Waals surface area (Å²) in [5.41, 5.74) is -0.187. The van der Waals surface area contributed by atoms with Crippen molar-refractivity contribution < 1.29 is 9.21 Å². The second kappa shape index (κ2) is 5.97. The largest absolute Gasteiger partial charge is 0.467 e. The summed E-state index contributed by atoms with van der Waals surface area (Å²) in [6.07, 6.45) is 10.6. The van der Waals surface area contributed by atoms with Crippen molar-refractivity contribution in [3.8, 4) is 0 Å². The molecule has 0 spiro atoms. The van der Waals surface area contributed by atoms with Gasteiger partial charge in [-0.1, -0.05) is 6.07 Å². The lowest BCUT2D eigenvalue weighted by Gasteiger charge is -2.56. The predicted octanol–water partition coefficient (Wildman–Crippen LogP) is 4.99. The Bertz CT molecular complexity index is 748. The van der Waals surface area contributed by atoms with Crippen molar-refractivity contribution in [2.24, 2.45) is 23.2 Å². The summed E-state index contributed by atoms with van der Waals surface area (Å²) in [6.45, 7) is 2.05. The van der Waals surface area contributed by atoms with Gasteiger partial charge in [-0.05, 0) is 87.5 Å². The average molecular weight is 350 g/mol. The van der Waals surface area contributed by atoms with Crippen LogP contribution in [0.4, 0.5) is 5.82 Å². The first-order valence-corrected chi connectivity index (χ1v) is 9.93. The Morgan fingerprint density at radius 1 is 1.12 bits per heavy atom. The number of hydrogen-bond acceptors (Lipinski definition) is 3. The van der Waals surface area contributed by atoms with Crippen molar-refractivity contribution in [2.45, 2.75) is 51.5 Å². The van der Waals surface area contributed by atoms with E-state index in [0.29, 0.717) is 0 Å². The Kier molecular flexibility index (Phi) is 3.70. The highest BCUT2D eigenvalue weighted by molar-refractivity contribution is 5.97. The summed E-state index contributed by atoms with van der Waals surface area (Å²) < 4.78 is 5.65. The highest BCUT2D eigenvalue weighted by Gasteiger charge is 2.56. The monoisotopic (exact) mass is 350 g/mol. The Labute approximate surface area is 154 Å². The van der Waals surface area contributed by atoms with E-state index in [9.17, 15) is 4.79 Å². The van der Waals surface area contributed by atoms with Crippen LogP contribution in [0.25, 0.3) is 0 Å². The standard InChI is InChI=1S/C22H26N2O2/c1-15(19-5-4-8-26-19)24(20-6-2-3-7-23-20)21(25)22-12-16-9-17(13-22)11-18(10-16)14-22/h2-8,15-18H,9-14H2,1H3/t15-,16?,17?,18?,22?/m0/s1. The van der Waals surface area contributed by atoms with Crippen LogP contribution >= 0.6 is 0 Å². The van der Waals surface area contributed by atoms with E-state index in [1.807, 2.05) is 42.2 Å². The van der Waals surface area contributed by atoms with Crippen LogP contribution in [-0.2, 0) is 4.79 Å². The molecule has 4 fully saturated rings. The maximum atomic E-state index is 14.0. The van der Waals surface area contributed by atoms with Gasteiger partial charge in [-0.25, -0.2) is 4.98 Å². The Balaban J connectivity index is 1.53. The number of hydrogen-bond donors (Lipinski definition) is 0. The quantitative estimate of drug-likeness (QED) is 0.781. The fourth-order valence-corrected chi connectivity index (χ4v) is 6.26. The average Bonchev–Trinajstić information content (AvgIpc) is 3.16. The highest BCUT2D eigenvalue weighted by Crippen LogP contribution is 2.61. The first-order chi connectivity index (χ1) is 12.6. The molecule has 2 aromatic rings. The third-order valence-corrected chi connectivity index (χ3v) is 6.95. The minimum absolute atomic E-state index is 0.152. The second-order valence-corrected chi connectivity index (χ2v) is 8.75. The van der Waals surface area contributed by atoms with Gasteiger partial charge < -0.3 is 4.42 Å². The van der Waals surface area contributed by atoms with Gasteiger partial charge in [0.1, 0.15) is 11.6 Å². The summed E-state index contributed by atoms with van der Waals surface area (Å²) in [7, 11) is 0. The summed E-state index contributed by atoms with van der Waals surface area (Å²) in [4.78, 5) is 20.4. The molecule has 0 radical (unpaired) electrons. The molecule has 6 rings (SSSR count). The Morgan fingerprint density at radius 2 is 1.81 bits per heavy atom. The van der Waals surface area contributed by atoms with E-state index < -0.39 is 0 Å². The van der Waals surface area contributed by atoms with Crippen LogP contribution < -0.4 is 4.90 Å². The van der Waals surface area contributed by atoms with E-state index in [1.165, 1.54) is 19.3 Å². The number of nitrogens with zero attached hydrogens (tertiary/aromatic N) is 2. The Morgan fingerprint density at radius 3 is 2.35 bits per heavy atom. The molecule has 4 nitrogen and oxygen atoms in total. The van der Waals surface area contributed by atoms with Gasteiger partial charge in [0.25, 0.3) is 0 Å². The SMILES string of the molecule is C[C@@H](c1ccco1)N(C(=O)C12CC3CC(CC(C3)C1)C2)c1ccccn1. The minimum Gasteiger partial charge on any atom is -0.467 e. The number of anilines is 1.